The molecule has 15 heavy (non-hydrogen) atoms. The average molecular weight is 281 g/mol. The highest BCUT2D eigenvalue weighted by Crippen LogP contribution is 2.19. The van der Waals surface area contributed by atoms with Gasteiger partial charge in [-0.1, -0.05) is 28.1 Å². The third kappa shape index (κ3) is 2.58. The largest absolute Gasteiger partial charge is 0.240 e. The van der Waals surface area contributed by atoms with Crippen molar-refractivity contribution < 1.29 is 0 Å². The Kier molecular flexibility index (Phi) is 3.38. The Morgan fingerprint density at radius 3 is 2.53 bits per heavy atom. The number of nitrogens with zero attached hydrogens (tertiary/aromatic N) is 2. The summed E-state index contributed by atoms with van der Waals surface area (Å²) in [7, 11) is 0. The Balaban J connectivity index is 2.40. The van der Waals surface area contributed by atoms with Gasteiger partial charge >= 0.3 is 0 Å². The van der Waals surface area contributed by atoms with Crippen molar-refractivity contribution in [2.45, 2.75) is 5.75 Å². The lowest BCUT2D eigenvalue weighted by molar-refractivity contribution is 1.04. The van der Waals surface area contributed by atoms with Crippen LogP contribution in [0.3, 0.4) is 0 Å². The monoisotopic (exact) mass is 280 g/mol. The quantitative estimate of drug-likeness (QED) is 0.854. The van der Waals surface area contributed by atoms with Crippen LogP contribution >= 0.6 is 28.6 Å². The van der Waals surface area contributed by atoms with E-state index in [1.165, 1.54) is 0 Å². The molecule has 0 bridgehead atoms. The average Bonchev–Trinajstić information content (AvgIpc) is 2.30. The molecule has 0 unspecified atom stereocenters. The van der Waals surface area contributed by atoms with Gasteiger partial charge in [0.05, 0.1) is 11.4 Å². The normalized spacial score (nSPS) is 10.3. The lowest BCUT2D eigenvalue weighted by Gasteiger charge is -2.02. The molecule has 2 nitrogen and oxygen atoms in total. The van der Waals surface area contributed by atoms with E-state index in [4.69, 9.17) is 0 Å². The zero-order valence-corrected chi connectivity index (χ0v) is 10.4. The van der Waals surface area contributed by atoms with Crippen LogP contribution in [-0.2, 0) is 5.75 Å². The van der Waals surface area contributed by atoms with Crippen LogP contribution in [0.25, 0.3) is 11.3 Å². The fourth-order valence-electron chi connectivity index (χ4n) is 1.26. The maximum absolute atomic E-state index is 4.39. The lowest BCUT2D eigenvalue weighted by Crippen LogP contribution is -1.92. The van der Waals surface area contributed by atoms with Gasteiger partial charge in [-0.3, -0.25) is 0 Å². The van der Waals surface area contributed by atoms with Gasteiger partial charge in [0.25, 0.3) is 0 Å². The Hall–Kier alpha value is -0.870. The Morgan fingerprint density at radius 2 is 1.87 bits per heavy atom. The van der Waals surface area contributed by atoms with Gasteiger partial charge in [0, 0.05) is 16.2 Å². The second-order valence-electron chi connectivity index (χ2n) is 3.02. The molecular weight excluding hydrogens is 272 g/mol. The summed E-state index contributed by atoms with van der Waals surface area (Å²) in [5, 5.41) is 0. The second-order valence-corrected chi connectivity index (χ2v) is 4.26. The molecule has 0 aliphatic heterocycles. The number of hydrogen-bond acceptors (Lipinski definition) is 3. The van der Waals surface area contributed by atoms with Gasteiger partial charge < -0.3 is 0 Å². The topological polar surface area (TPSA) is 25.8 Å². The molecule has 0 aliphatic carbocycles. The van der Waals surface area contributed by atoms with Crippen molar-refractivity contribution in [3.63, 3.8) is 0 Å². The van der Waals surface area contributed by atoms with Crippen LogP contribution in [0.4, 0.5) is 0 Å². The van der Waals surface area contributed by atoms with Crippen molar-refractivity contribution >= 4 is 28.6 Å². The molecule has 4 heteroatoms. The Morgan fingerprint density at radius 1 is 1.13 bits per heavy atom. The highest BCUT2D eigenvalue weighted by atomic mass is 79.9. The van der Waals surface area contributed by atoms with Crippen molar-refractivity contribution in [3.05, 3.63) is 46.8 Å². The van der Waals surface area contributed by atoms with E-state index in [0.29, 0.717) is 5.75 Å². The van der Waals surface area contributed by atoms with Crippen molar-refractivity contribution in [1.82, 2.24) is 9.97 Å². The summed E-state index contributed by atoms with van der Waals surface area (Å²) in [6, 6.07) is 9.94. The van der Waals surface area contributed by atoms with Gasteiger partial charge in [0.15, 0.2) is 0 Å². The molecule has 0 aliphatic rings. The third-order valence-electron chi connectivity index (χ3n) is 1.99. The molecule has 1 aromatic heterocycles. The van der Waals surface area contributed by atoms with Gasteiger partial charge in [-0.05, 0) is 18.2 Å². The fraction of sp³-hybridized carbons (Fsp3) is 0.0909. The minimum Gasteiger partial charge on any atom is -0.240 e. The first-order valence-corrected chi connectivity index (χ1v) is 5.91. The summed E-state index contributed by atoms with van der Waals surface area (Å²) in [5.41, 5.74) is 2.02. The summed E-state index contributed by atoms with van der Waals surface area (Å²) in [5.74, 6) is 1.31. The first kappa shape index (κ1) is 10.6. The van der Waals surface area contributed by atoms with Crippen molar-refractivity contribution in [2.24, 2.45) is 0 Å². The van der Waals surface area contributed by atoms with Crippen molar-refractivity contribution in [1.29, 1.82) is 0 Å². The predicted molar refractivity (Wildman–Crippen MR) is 67.9 cm³/mol. The van der Waals surface area contributed by atoms with Gasteiger partial charge in [-0.15, -0.1) is 0 Å². The molecule has 0 amide bonds. The van der Waals surface area contributed by atoms with E-state index >= 15 is 0 Å². The van der Waals surface area contributed by atoms with Crippen LogP contribution in [0.15, 0.2) is 41.0 Å². The summed E-state index contributed by atoms with van der Waals surface area (Å²) in [6.45, 7) is 0. The van der Waals surface area contributed by atoms with Crippen molar-refractivity contribution in [3.8, 4) is 11.3 Å². The zero-order valence-electron chi connectivity index (χ0n) is 7.89. The van der Waals surface area contributed by atoms with Crippen LogP contribution < -0.4 is 0 Å². The predicted octanol–water partition coefficient (Wildman–Crippen LogP) is 3.34. The molecule has 0 spiro atoms. The smallest absolute Gasteiger partial charge is 0.138 e. The minimum atomic E-state index is 0.560. The van der Waals surface area contributed by atoms with Gasteiger partial charge in [-0.2, -0.15) is 12.6 Å². The van der Waals surface area contributed by atoms with Crippen LogP contribution in [0, 0.1) is 0 Å². The molecule has 0 saturated carbocycles. The number of thiol groups is 1. The first-order chi connectivity index (χ1) is 7.29. The summed E-state index contributed by atoms with van der Waals surface area (Å²) >= 11 is 7.55. The first-order valence-electron chi connectivity index (χ1n) is 4.48. The molecule has 76 valence electrons. The van der Waals surface area contributed by atoms with E-state index < -0.39 is 0 Å². The maximum Gasteiger partial charge on any atom is 0.138 e. The lowest BCUT2D eigenvalue weighted by atomic mass is 10.1. The molecular formula is C11H9BrN2S. The molecule has 0 saturated heterocycles. The fourth-order valence-corrected chi connectivity index (χ4v) is 1.67. The van der Waals surface area contributed by atoms with E-state index in [1.54, 1.807) is 6.20 Å². The standard InChI is InChI=1S/C11H9BrN2S/c12-9-3-1-8(2-4-9)10-5-6-13-11(7-15)14-10/h1-6,15H,7H2. The van der Waals surface area contributed by atoms with E-state index in [1.807, 2.05) is 30.3 Å². The third-order valence-corrected chi connectivity index (χ3v) is 2.80. The second kappa shape index (κ2) is 4.77. The van der Waals surface area contributed by atoms with Gasteiger partial charge in [-0.25, -0.2) is 9.97 Å². The van der Waals surface area contributed by atoms with E-state index in [9.17, 15) is 0 Å². The number of benzene rings is 1. The molecule has 2 aromatic rings. The maximum atomic E-state index is 4.39. The molecule has 0 atom stereocenters. The molecule has 1 aromatic carbocycles. The Bertz CT molecular complexity index is 456. The van der Waals surface area contributed by atoms with Crippen LogP contribution in [0.1, 0.15) is 5.82 Å². The number of aromatic nitrogens is 2. The number of rotatable bonds is 2. The molecule has 0 radical (unpaired) electrons. The molecule has 1 heterocycles. The molecule has 0 N–H and O–H groups in total. The van der Waals surface area contributed by atoms with Gasteiger partial charge in [0.2, 0.25) is 0 Å². The molecule has 0 fully saturated rings. The number of halogens is 1. The number of hydrogen-bond donors (Lipinski definition) is 1. The Labute approximate surface area is 102 Å². The zero-order chi connectivity index (χ0) is 10.7. The highest BCUT2D eigenvalue weighted by Gasteiger charge is 2.00. The van der Waals surface area contributed by atoms with Gasteiger partial charge in [0.1, 0.15) is 5.82 Å². The summed E-state index contributed by atoms with van der Waals surface area (Å²) in [4.78, 5) is 8.49. The summed E-state index contributed by atoms with van der Waals surface area (Å²) < 4.78 is 1.06. The van der Waals surface area contributed by atoms with E-state index in [-0.39, 0.29) is 0 Å². The summed E-state index contributed by atoms with van der Waals surface area (Å²) in [6.07, 6.45) is 1.76. The minimum absolute atomic E-state index is 0.560. The highest BCUT2D eigenvalue weighted by molar-refractivity contribution is 9.10. The van der Waals surface area contributed by atoms with Crippen LogP contribution in [0.2, 0.25) is 0 Å². The van der Waals surface area contributed by atoms with E-state index in [2.05, 4.69) is 38.5 Å². The van der Waals surface area contributed by atoms with Crippen molar-refractivity contribution in [2.75, 3.05) is 0 Å². The van der Waals surface area contributed by atoms with Crippen LogP contribution in [-0.4, -0.2) is 9.97 Å². The van der Waals surface area contributed by atoms with E-state index in [0.717, 1.165) is 21.6 Å². The SMILES string of the molecule is SCc1nccc(-c2ccc(Br)cc2)n1. The molecule has 2 rings (SSSR count). The van der Waals surface area contributed by atoms with Crippen LogP contribution in [0.5, 0.6) is 0 Å².